The van der Waals surface area contributed by atoms with E-state index in [-0.39, 0.29) is 17.8 Å². The third-order valence-electron chi connectivity index (χ3n) is 6.35. The molecule has 0 spiro atoms. The molecule has 2 aromatic heterocycles. The third-order valence-corrected chi connectivity index (χ3v) is 7.27. The van der Waals surface area contributed by atoms with Gasteiger partial charge in [-0.25, -0.2) is 4.79 Å². The molecule has 1 saturated heterocycles. The molecule has 2 amide bonds. The Kier molecular flexibility index (Phi) is 7.83. The largest absolute Gasteiger partial charge is 0.494 e. The predicted octanol–water partition coefficient (Wildman–Crippen LogP) is 4.21. The molecule has 1 N–H and O–H groups in total. The summed E-state index contributed by atoms with van der Waals surface area (Å²) in [6, 6.07) is 15.8. The van der Waals surface area contributed by atoms with E-state index in [1.807, 2.05) is 66.2 Å². The Labute approximate surface area is 224 Å². The predicted molar refractivity (Wildman–Crippen MR) is 146 cm³/mol. The van der Waals surface area contributed by atoms with Crippen molar-refractivity contribution in [2.75, 3.05) is 45.1 Å². The number of hydrogen-bond donors (Lipinski definition) is 1. The fourth-order valence-electron chi connectivity index (χ4n) is 4.46. The van der Waals surface area contributed by atoms with Crippen LogP contribution in [0.4, 0.5) is 4.79 Å². The Morgan fingerprint density at radius 1 is 0.947 bits per heavy atom. The number of fused-ring (bicyclic) bond motifs is 1. The second-order valence-corrected chi connectivity index (χ2v) is 9.61. The Morgan fingerprint density at radius 2 is 1.68 bits per heavy atom. The van der Waals surface area contributed by atoms with Gasteiger partial charge in [-0.15, -0.1) is 10.2 Å². The second kappa shape index (κ2) is 11.6. The lowest BCUT2D eigenvalue weighted by Crippen LogP contribution is -2.51. The Morgan fingerprint density at radius 3 is 2.42 bits per heavy atom. The summed E-state index contributed by atoms with van der Waals surface area (Å²) in [5.41, 5.74) is 2.81. The van der Waals surface area contributed by atoms with E-state index in [1.165, 1.54) is 11.8 Å². The fraction of sp³-hybridized carbons (Fsp3) is 0.333. The lowest BCUT2D eigenvalue weighted by atomic mass is 10.1. The number of nitrogens with zero attached hydrogens (tertiary/aromatic N) is 5. The molecule has 5 rings (SSSR count). The number of amides is 2. The van der Waals surface area contributed by atoms with Crippen molar-refractivity contribution in [3.05, 3.63) is 54.7 Å². The number of nitrogens with one attached hydrogen (secondary N) is 1. The van der Waals surface area contributed by atoms with Gasteiger partial charge >= 0.3 is 6.09 Å². The molecule has 1 fully saturated rings. The summed E-state index contributed by atoms with van der Waals surface area (Å²) in [5, 5.41) is 10.7. The average Bonchev–Trinajstić information content (AvgIpc) is 3.56. The molecule has 1 aliphatic rings. The van der Waals surface area contributed by atoms with E-state index in [4.69, 9.17) is 9.47 Å². The standard InChI is InChI=1S/C27H30N6O4S/c1-3-36-20-11-9-19(10-12-20)33-25(22-17-28-23-8-6-5-7-21(22)23)29-30-26(33)38-18-24(34)31-13-15-32(16-14-31)27(35)37-4-2/h5-12,17,28H,3-4,13-16,18H2,1-2H3. The molecule has 0 radical (unpaired) electrons. The lowest BCUT2D eigenvalue weighted by molar-refractivity contribution is -0.129. The number of aromatic nitrogens is 4. The quantitative estimate of drug-likeness (QED) is 0.338. The molecule has 4 aromatic rings. The number of thioether (sulfide) groups is 1. The van der Waals surface area contributed by atoms with Crippen LogP contribution in [-0.2, 0) is 9.53 Å². The number of ether oxygens (including phenoxy) is 2. The average molecular weight is 535 g/mol. The number of carbonyl (C=O) groups is 2. The van der Waals surface area contributed by atoms with E-state index in [1.54, 1.807) is 16.7 Å². The molecular weight excluding hydrogens is 504 g/mol. The molecule has 11 heteroatoms. The fourth-order valence-corrected chi connectivity index (χ4v) is 5.31. The van der Waals surface area contributed by atoms with Crippen molar-refractivity contribution in [1.82, 2.24) is 29.5 Å². The van der Waals surface area contributed by atoms with Crippen LogP contribution in [0, 0.1) is 0 Å². The summed E-state index contributed by atoms with van der Waals surface area (Å²) in [6.07, 6.45) is 1.60. The first kappa shape index (κ1) is 25.7. The molecular formula is C27H30N6O4S. The normalized spacial score (nSPS) is 13.6. The summed E-state index contributed by atoms with van der Waals surface area (Å²) < 4.78 is 12.7. The molecule has 38 heavy (non-hydrogen) atoms. The van der Waals surface area contributed by atoms with Crippen molar-refractivity contribution in [2.45, 2.75) is 19.0 Å². The molecule has 3 heterocycles. The van der Waals surface area contributed by atoms with Gasteiger partial charge in [-0.3, -0.25) is 9.36 Å². The van der Waals surface area contributed by atoms with Crippen molar-refractivity contribution in [3.8, 4) is 22.8 Å². The minimum atomic E-state index is -0.331. The van der Waals surface area contributed by atoms with Crippen LogP contribution >= 0.6 is 11.8 Å². The van der Waals surface area contributed by atoms with Crippen LogP contribution in [0.25, 0.3) is 28.0 Å². The number of hydrogen-bond acceptors (Lipinski definition) is 7. The minimum absolute atomic E-state index is 0.00611. The van der Waals surface area contributed by atoms with E-state index in [0.717, 1.165) is 27.9 Å². The topological polar surface area (TPSA) is 106 Å². The van der Waals surface area contributed by atoms with Crippen LogP contribution in [0.2, 0.25) is 0 Å². The summed E-state index contributed by atoms with van der Waals surface area (Å²) in [7, 11) is 0. The van der Waals surface area contributed by atoms with Gasteiger partial charge in [0.05, 0.1) is 19.0 Å². The summed E-state index contributed by atoms with van der Waals surface area (Å²) >= 11 is 1.35. The highest BCUT2D eigenvalue weighted by molar-refractivity contribution is 7.99. The molecule has 2 aromatic carbocycles. The first-order valence-corrected chi connectivity index (χ1v) is 13.6. The van der Waals surface area contributed by atoms with Crippen LogP contribution < -0.4 is 4.74 Å². The third kappa shape index (κ3) is 5.33. The highest BCUT2D eigenvalue weighted by atomic mass is 32.2. The number of benzene rings is 2. The zero-order valence-electron chi connectivity index (χ0n) is 21.4. The van der Waals surface area contributed by atoms with Crippen LogP contribution in [0.5, 0.6) is 5.75 Å². The SMILES string of the molecule is CCOC(=O)N1CCN(C(=O)CSc2nnc(-c3c[nH]c4ccccc34)n2-c2ccc(OCC)cc2)CC1. The Bertz CT molecular complexity index is 1410. The maximum Gasteiger partial charge on any atom is 0.409 e. The van der Waals surface area contributed by atoms with Crippen molar-refractivity contribution in [1.29, 1.82) is 0 Å². The van der Waals surface area contributed by atoms with E-state index in [9.17, 15) is 9.59 Å². The minimum Gasteiger partial charge on any atom is -0.494 e. The Balaban J connectivity index is 1.37. The van der Waals surface area contributed by atoms with Crippen LogP contribution in [0.1, 0.15) is 13.8 Å². The summed E-state index contributed by atoms with van der Waals surface area (Å²) in [6.45, 7) is 6.53. The van der Waals surface area contributed by atoms with Gasteiger partial charge in [0.2, 0.25) is 5.91 Å². The number of para-hydroxylation sites is 1. The second-order valence-electron chi connectivity index (χ2n) is 8.67. The molecule has 0 saturated carbocycles. The van der Waals surface area contributed by atoms with E-state index < -0.39 is 0 Å². The van der Waals surface area contributed by atoms with Gasteiger partial charge in [0.25, 0.3) is 0 Å². The number of rotatable bonds is 8. The maximum atomic E-state index is 13.0. The zero-order chi connectivity index (χ0) is 26.5. The van der Waals surface area contributed by atoms with Crippen LogP contribution in [0.3, 0.4) is 0 Å². The van der Waals surface area contributed by atoms with Crippen molar-refractivity contribution >= 4 is 34.7 Å². The molecule has 1 aliphatic heterocycles. The zero-order valence-corrected chi connectivity index (χ0v) is 22.2. The van der Waals surface area contributed by atoms with E-state index in [2.05, 4.69) is 15.2 Å². The van der Waals surface area contributed by atoms with Gasteiger partial charge in [-0.2, -0.15) is 0 Å². The molecule has 0 bridgehead atoms. The maximum absolute atomic E-state index is 13.0. The van der Waals surface area contributed by atoms with Gasteiger partial charge in [-0.05, 0) is 44.2 Å². The van der Waals surface area contributed by atoms with Crippen LogP contribution in [-0.4, -0.2) is 86.7 Å². The Hall–Kier alpha value is -3.99. The van der Waals surface area contributed by atoms with Gasteiger partial charge in [-0.1, -0.05) is 30.0 Å². The van der Waals surface area contributed by atoms with E-state index >= 15 is 0 Å². The van der Waals surface area contributed by atoms with Crippen molar-refractivity contribution in [3.63, 3.8) is 0 Å². The highest BCUT2D eigenvalue weighted by Gasteiger charge is 2.26. The highest BCUT2D eigenvalue weighted by Crippen LogP contribution is 2.33. The summed E-state index contributed by atoms with van der Waals surface area (Å²) in [5.74, 6) is 1.67. The number of aromatic amines is 1. The number of carbonyl (C=O) groups excluding carboxylic acids is 2. The molecule has 0 unspecified atom stereocenters. The van der Waals surface area contributed by atoms with Crippen molar-refractivity contribution in [2.24, 2.45) is 0 Å². The van der Waals surface area contributed by atoms with Gasteiger partial charge in [0, 0.05) is 54.5 Å². The van der Waals surface area contributed by atoms with E-state index in [0.29, 0.717) is 50.4 Å². The number of piperazine rings is 1. The molecule has 0 aliphatic carbocycles. The smallest absolute Gasteiger partial charge is 0.409 e. The lowest BCUT2D eigenvalue weighted by Gasteiger charge is -2.34. The molecule has 0 atom stereocenters. The molecule has 10 nitrogen and oxygen atoms in total. The molecule has 198 valence electrons. The van der Waals surface area contributed by atoms with Crippen LogP contribution in [0.15, 0.2) is 59.9 Å². The first-order valence-electron chi connectivity index (χ1n) is 12.7. The van der Waals surface area contributed by atoms with Gasteiger partial charge in [0.1, 0.15) is 5.75 Å². The van der Waals surface area contributed by atoms with Gasteiger partial charge in [0.15, 0.2) is 11.0 Å². The summed E-state index contributed by atoms with van der Waals surface area (Å²) in [4.78, 5) is 31.7. The monoisotopic (exact) mass is 534 g/mol. The van der Waals surface area contributed by atoms with Gasteiger partial charge < -0.3 is 24.3 Å². The van der Waals surface area contributed by atoms with Crippen molar-refractivity contribution < 1.29 is 19.1 Å². The number of H-pyrrole nitrogens is 1. The first-order chi connectivity index (χ1) is 18.6.